The monoisotopic (exact) mass is 752 g/mol. The second-order valence-corrected chi connectivity index (χ2v) is 16.5. The average molecular weight is 753 g/mol. The zero-order valence-electron chi connectivity index (χ0n) is 33.0. The van der Waals surface area contributed by atoms with Gasteiger partial charge in [0.25, 0.3) is 0 Å². The quantitative estimate of drug-likeness (QED) is 0.159. The van der Waals surface area contributed by atoms with Crippen LogP contribution in [0.5, 0.6) is 0 Å². The maximum atomic E-state index is 2.45. The molecule has 0 N–H and O–H groups in total. The van der Waals surface area contributed by atoms with Crippen molar-refractivity contribution < 1.29 is 0 Å². The summed E-state index contributed by atoms with van der Waals surface area (Å²) in [7, 11) is 0. The fourth-order valence-corrected chi connectivity index (χ4v) is 10.1. The lowest BCUT2D eigenvalue weighted by Crippen LogP contribution is -2.16. The van der Waals surface area contributed by atoms with Crippen molar-refractivity contribution in [3.63, 3.8) is 0 Å². The Labute approximate surface area is 343 Å². The maximum absolute atomic E-state index is 2.45. The van der Waals surface area contributed by atoms with Crippen LogP contribution in [-0.4, -0.2) is 4.57 Å². The number of fused-ring (bicyclic) bond motifs is 12. The first kappa shape index (κ1) is 33.7. The van der Waals surface area contributed by atoms with Gasteiger partial charge in [0.05, 0.1) is 11.0 Å². The molecule has 0 saturated heterocycles. The van der Waals surface area contributed by atoms with Crippen molar-refractivity contribution in [2.24, 2.45) is 0 Å². The molecule has 0 fully saturated rings. The minimum atomic E-state index is -0.113. The summed E-state index contributed by atoms with van der Waals surface area (Å²) in [6.07, 6.45) is 0. The zero-order valence-corrected chi connectivity index (χ0v) is 33.0. The van der Waals surface area contributed by atoms with Gasteiger partial charge in [-0.2, -0.15) is 0 Å². The average Bonchev–Trinajstić information content (AvgIpc) is 3.75. The fourth-order valence-electron chi connectivity index (χ4n) is 10.1. The van der Waals surface area contributed by atoms with Crippen LogP contribution in [-0.2, 0) is 5.41 Å². The molecule has 2 nitrogen and oxygen atoms in total. The molecule has 0 amide bonds. The summed E-state index contributed by atoms with van der Waals surface area (Å²) in [5.41, 5.74) is 14.7. The molecule has 1 aliphatic rings. The highest BCUT2D eigenvalue weighted by atomic mass is 15.1. The van der Waals surface area contributed by atoms with Crippen molar-refractivity contribution in [1.82, 2.24) is 4.57 Å². The lowest BCUT2D eigenvalue weighted by atomic mass is 9.82. The third kappa shape index (κ3) is 5.06. The molecule has 1 heterocycles. The van der Waals surface area contributed by atoms with Crippen LogP contribution in [0.4, 0.5) is 17.1 Å². The molecule has 1 aliphatic carbocycles. The van der Waals surface area contributed by atoms with Gasteiger partial charge < -0.3 is 9.47 Å². The Kier molecular flexibility index (Phi) is 7.31. The predicted octanol–water partition coefficient (Wildman–Crippen LogP) is 15.7. The Hall–Kier alpha value is -7.42. The second kappa shape index (κ2) is 12.8. The Morgan fingerprint density at radius 3 is 1.61 bits per heavy atom. The maximum Gasteiger partial charge on any atom is 0.0541 e. The molecule has 278 valence electrons. The summed E-state index contributed by atoms with van der Waals surface area (Å²) in [6.45, 7) is 4.73. The van der Waals surface area contributed by atoms with E-state index in [1.165, 1.54) is 93.2 Å². The van der Waals surface area contributed by atoms with Crippen molar-refractivity contribution in [3.8, 4) is 27.9 Å². The predicted molar refractivity (Wildman–Crippen MR) is 251 cm³/mol. The van der Waals surface area contributed by atoms with E-state index in [2.05, 4.69) is 230 Å². The number of anilines is 3. The topological polar surface area (TPSA) is 8.17 Å². The third-order valence-electron chi connectivity index (χ3n) is 13.0. The molecular weight excluding hydrogens is 713 g/mol. The van der Waals surface area contributed by atoms with E-state index in [1.54, 1.807) is 0 Å². The van der Waals surface area contributed by atoms with Gasteiger partial charge in [-0.3, -0.25) is 0 Å². The molecule has 2 heteroatoms. The van der Waals surface area contributed by atoms with E-state index in [4.69, 9.17) is 0 Å². The molecule has 0 bridgehead atoms. The van der Waals surface area contributed by atoms with Crippen LogP contribution in [0.1, 0.15) is 25.0 Å². The minimum Gasteiger partial charge on any atom is -0.310 e. The van der Waals surface area contributed by atoms with E-state index in [0.29, 0.717) is 0 Å². The Morgan fingerprint density at radius 1 is 0.339 bits per heavy atom. The van der Waals surface area contributed by atoms with E-state index in [0.717, 1.165) is 17.1 Å². The minimum absolute atomic E-state index is 0.113. The first-order chi connectivity index (χ1) is 29.0. The van der Waals surface area contributed by atoms with Gasteiger partial charge in [-0.1, -0.05) is 153 Å². The van der Waals surface area contributed by atoms with Crippen LogP contribution in [0.15, 0.2) is 206 Å². The van der Waals surface area contributed by atoms with Gasteiger partial charge in [-0.25, -0.2) is 0 Å². The van der Waals surface area contributed by atoms with Crippen LogP contribution >= 0.6 is 0 Å². The SMILES string of the molecule is CC1(C)c2ccccc2-c2ccc(N(c3ccc(-c4ccc5c(c4)c4ccccc4n5-c4ccccc4)cc3)c3ccc4c5ccccc5c5ccccc5c4c3)cc21. The van der Waals surface area contributed by atoms with E-state index in [-0.39, 0.29) is 5.41 Å². The van der Waals surface area contributed by atoms with E-state index in [1.807, 2.05) is 0 Å². The molecule has 0 saturated carbocycles. The standard InChI is InChI=1S/C57H40N2/c1-57(2)53-22-12-10-20-48(53)49-32-30-42(36-54(49)57)58(41-29-31-47-45-18-7-6-16-43(45)44-17-8-9-19-46(44)51(47)35-41)40-27-24-37(25-28-40)38-26-33-56-52(34-38)50-21-11-13-23-55(50)59(56)39-14-4-3-5-15-39/h3-36H,1-2H3. The highest BCUT2D eigenvalue weighted by molar-refractivity contribution is 6.25. The van der Waals surface area contributed by atoms with E-state index in [9.17, 15) is 0 Å². The van der Waals surface area contributed by atoms with Gasteiger partial charge in [-0.15, -0.1) is 0 Å². The molecule has 0 spiro atoms. The number of benzene rings is 10. The Balaban J connectivity index is 1.02. The largest absolute Gasteiger partial charge is 0.310 e. The van der Waals surface area contributed by atoms with Crippen molar-refractivity contribution in [1.29, 1.82) is 0 Å². The summed E-state index contributed by atoms with van der Waals surface area (Å²) in [5.74, 6) is 0. The molecule has 0 radical (unpaired) electrons. The van der Waals surface area contributed by atoms with Crippen LogP contribution in [0.2, 0.25) is 0 Å². The highest BCUT2D eigenvalue weighted by Gasteiger charge is 2.35. The number of para-hydroxylation sites is 2. The Morgan fingerprint density at radius 2 is 0.864 bits per heavy atom. The van der Waals surface area contributed by atoms with Gasteiger partial charge in [-0.05, 0) is 132 Å². The first-order valence-electron chi connectivity index (χ1n) is 20.6. The van der Waals surface area contributed by atoms with Crippen molar-refractivity contribution in [2.45, 2.75) is 19.3 Å². The molecule has 11 aromatic rings. The first-order valence-corrected chi connectivity index (χ1v) is 20.6. The number of hydrogen-bond acceptors (Lipinski definition) is 1. The van der Waals surface area contributed by atoms with Crippen molar-refractivity contribution in [3.05, 3.63) is 217 Å². The van der Waals surface area contributed by atoms with Gasteiger partial charge in [0, 0.05) is 38.9 Å². The van der Waals surface area contributed by atoms with E-state index >= 15 is 0 Å². The zero-order chi connectivity index (χ0) is 39.2. The number of nitrogens with zero attached hydrogens (tertiary/aromatic N) is 2. The van der Waals surface area contributed by atoms with Crippen molar-refractivity contribution >= 4 is 71.2 Å². The molecule has 12 rings (SSSR count). The van der Waals surface area contributed by atoms with Crippen LogP contribution in [0.25, 0.3) is 82.1 Å². The summed E-state index contributed by atoms with van der Waals surface area (Å²) in [4.78, 5) is 2.45. The summed E-state index contributed by atoms with van der Waals surface area (Å²) >= 11 is 0. The van der Waals surface area contributed by atoms with E-state index < -0.39 is 0 Å². The summed E-state index contributed by atoms with van der Waals surface area (Å²) in [5, 5.41) is 10.2. The van der Waals surface area contributed by atoms with Crippen molar-refractivity contribution in [2.75, 3.05) is 4.90 Å². The third-order valence-corrected chi connectivity index (χ3v) is 13.0. The number of rotatable bonds is 5. The molecule has 1 aromatic heterocycles. The number of hydrogen-bond donors (Lipinski definition) is 0. The van der Waals surface area contributed by atoms with Crippen LogP contribution < -0.4 is 4.90 Å². The highest BCUT2D eigenvalue weighted by Crippen LogP contribution is 2.51. The molecular formula is C57H40N2. The summed E-state index contributed by atoms with van der Waals surface area (Å²) < 4.78 is 2.38. The lowest BCUT2D eigenvalue weighted by Gasteiger charge is -2.28. The van der Waals surface area contributed by atoms with Gasteiger partial charge in [0.15, 0.2) is 0 Å². The fraction of sp³-hybridized carbons (Fsp3) is 0.0526. The second-order valence-electron chi connectivity index (χ2n) is 16.5. The smallest absolute Gasteiger partial charge is 0.0541 e. The molecule has 10 aromatic carbocycles. The normalized spacial score (nSPS) is 13.1. The van der Waals surface area contributed by atoms with Gasteiger partial charge in [0.2, 0.25) is 0 Å². The Bertz CT molecular complexity index is 3430. The lowest BCUT2D eigenvalue weighted by molar-refractivity contribution is 0.660. The molecule has 0 atom stereocenters. The summed E-state index contributed by atoms with van der Waals surface area (Å²) in [6, 6.07) is 76.2. The molecule has 59 heavy (non-hydrogen) atoms. The molecule has 0 aliphatic heterocycles. The van der Waals surface area contributed by atoms with Gasteiger partial charge >= 0.3 is 0 Å². The molecule has 0 unspecified atom stereocenters. The van der Waals surface area contributed by atoms with Gasteiger partial charge in [0.1, 0.15) is 0 Å². The van der Waals surface area contributed by atoms with Crippen LogP contribution in [0, 0.1) is 0 Å². The number of aromatic nitrogens is 1. The van der Waals surface area contributed by atoms with Crippen LogP contribution in [0.3, 0.4) is 0 Å².